The summed E-state index contributed by atoms with van der Waals surface area (Å²) in [7, 11) is 0. The van der Waals surface area contributed by atoms with Gasteiger partial charge in [-0.3, -0.25) is 0 Å². The molecule has 0 fully saturated rings. The number of hydrogen-bond acceptors (Lipinski definition) is 3. The molecule has 0 bridgehead atoms. The van der Waals surface area contributed by atoms with Crippen molar-refractivity contribution in [3.05, 3.63) is 49.6 Å². The summed E-state index contributed by atoms with van der Waals surface area (Å²) in [6.07, 6.45) is 0. The third-order valence-corrected chi connectivity index (χ3v) is 4.66. The summed E-state index contributed by atoms with van der Waals surface area (Å²) >= 11 is 19.2. The highest BCUT2D eigenvalue weighted by atomic mass is 35.5. The van der Waals surface area contributed by atoms with Crippen LogP contribution in [0, 0.1) is 0 Å². The first-order chi connectivity index (χ1) is 9.95. The number of hydrogen-bond donors (Lipinski definition) is 1. The Labute approximate surface area is 138 Å². The molecule has 2 aromatic heterocycles. The summed E-state index contributed by atoms with van der Waals surface area (Å²) in [6.45, 7) is 0. The molecular formula is C14H6Cl3NO2S. The second kappa shape index (κ2) is 5.46. The number of benzene rings is 1. The molecule has 0 saturated carbocycles. The van der Waals surface area contributed by atoms with Gasteiger partial charge >= 0.3 is 5.97 Å². The van der Waals surface area contributed by atoms with Gasteiger partial charge in [-0.05, 0) is 30.3 Å². The van der Waals surface area contributed by atoms with Crippen LogP contribution in [-0.2, 0) is 0 Å². The van der Waals surface area contributed by atoms with E-state index in [0.29, 0.717) is 35.9 Å². The van der Waals surface area contributed by atoms with Crippen LogP contribution in [0.5, 0.6) is 0 Å². The van der Waals surface area contributed by atoms with Crippen molar-refractivity contribution in [1.29, 1.82) is 0 Å². The van der Waals surface area contributed by atoms with Crippen LogP contribution < -0.4 is 0 Å². The molecule has 3 nitrogen and oxygen atoms in total. The zero-order valence-corrected chi connectivity index (χ0v) is 13.3. The molecule has 0 radical (unpaired) electrons. The van der Waals surface area contributed by atoms with Crippen molar-refractivity contribution >= 4 is 63.0 Å². The van der Waals surface area contributed by atoms with Gasteiger partial charge in [-0.1, -0.05) is 34.8 Å². The molecular weight excluding hydrogens is 353 g/mol. The van der Waals surface area contributed by atoms with E-state index in [9.17, 15) is 9.90 Å². The largest absolute Gasteiger partial charge is 0.478 e. The summed E-state index contributed by atoms with van der Waals surface area (Å²) in [4.78, 5) is 15.9. The lowest BCUT2D eigenvalue weighted by molar-refractivity contribution is 0.0699. The number of pyridine rings is 1. The first kappa shape index (κ1) is 14.6. The molecule has 0 aliphatic heterocycles. The van der Waals surface area contributed by atoms with Gasteiger partial charge in [0.25, 0.3) is 0 Å². The summed E-state index contributed by atoms with van der Waals surface area (Å²) in [5.74, 6) is -1.05. The Hall–Kier alpha value is -1.33. The molecule has 21 heavy (non-hydrogen) atoms. The first-order valence-corrected chi connectivity index (χ1v) is 7.69. The van der Waals surface area contributed by atoms with E-state index in [1.165, 1.54) is 17.4 Å². The predicted molar refractivity (Wildman–Crippen MR) is 87.0 cm³/mol. The zero-order valence-electron chi connectivity index (χ0n) is 10.2. The van der Waals surface area contributed by atoms with E-state index >= 15 is 0 Å². The molecule has 106 valence electrons. The van der Waals surface area contributed by atoms with Gasteiger partial charge < -0.3 is 5.11 Å². The fourth-order valence-electron chi connectivity index (χ4n) is 2.03. The van der Waals surface area contributed by atoms with E-state index in [4.69, 9.17) is 34.8 Å². The van der Waals surface area contributed by atoms with Crippen molar-refractivity contribution in [2.75, 3.05) is 0 Å². The fraction of sp³-hybridized carbons (Fsp3) is 0. The Bertz CT molecular complexity index is 876. The number of fused-ring (bicyclic) bond motifs is 1. The average molecular weight is 359 g/mol. The highest BCUT2D eigenvalue weighted by molar-refractivity contribution is 7.20. The maximum atomic E-state index is 11.5. The number of halogens is 3. The van der Waals surface area contributed by atoms with Crippen molar-refractivity contribution in [2.24, 2.45) is 0 Å². The topological polar surface area (TPSA) is 50.2 Å². The molecule has 0 atom stereocenters. The normalized spacial score (nSPS) is 11.0. The molecule has 3 aromatic rings. The van der Waals surface area contributed by atoms with Gasteiger partial charge in [0.15, 0.2) is 0 Å². The third-order valence-electron chi connectivity index (χ3n) is 2.93. The number of aromatic carboxylic acids is 1. The molecule has 1 N–H and O–H groups in total. The second-order valence-electron chi connectivity index (χ2n) is 4.26. The zero-order chi connectivity index (χ0) is 15.1. The van der Waals surface area contributed by atoms with Crippen molar-refractivity contribution in [2.45, 2.75) is 0 Å². The number of thiophene rings is 1. The van der Waals surface area contributed by atoms with Crippen LogP contribution in [0.1, 0.15) is 10.4 Å². The maximum absolute atomic E-state index is 11.5. The second-order valence-corrected chi connectivity index (χ2v) is 6.98. The Morgan fingerprint density at radius 1 is 1.14 bits per heavy atom. The van der Waals surface area contributed by atoms with Gasteiger partial charge in [-0.15, -0.1) is 11.3 Å². The number of carboxylic acid groups (broad SMARTS) is 1. The lowest BCUT2D eigenvalue weighted by Crippen LogP contribution is -2.00. The summed E-state index contributed by atoms with van der Waals surface area (Å²) in [5.41, 5.74) is 1.74. The highest BCUT2D eigenvalue weighted by Gasteiger charge is 2.16. The highest BCUT2D eigenvalue weighted by Crippen LogP contribution is 2.38. The molecule has 1 aromatic carbocycles. The molecule has 3 rings (SSSR count). The van der Waals surface area contributed by atoms with Gasteiger partial charge in [0, 0.05) is 16.0 Å². The smallest absolute Gasteiger partial charge is 0.336 e. The van der Waals surface area contributed by atoms with Gasteiger partial charge in [0.1, 0.15) is 4.34 Å². The van der Waals surface area contributed by atoms with Crippen LogP contribution >= 0.6 is 46.1 Å². The number of aromatic nitrogens is 1. The monoisotopic (exact) mass is 357 g/mol. The van der Waals surface area contributed by atoms with Gasteiger partial charge in [-0.25, -0.2) is 9.78 Å². The van der Waals surface area contributed by atoms with Crippen LogP contribution in [0.3, 0.4) is 0 Å². The van der Waals surface area contributed by atoms with E-state index in [1.54, 1.807) is 24.3 Å². The number of carboxylic acids is 1. The van der Waals surface area contributed by atoms with Gasteiger partial charge in [-0.2, -0.15) is 0 Å². The fourth-order valence-corrected chi connectivity index (χ4v) is 3.68. The summed E-state index contributed by atoms with van der Waals surface area (Å²) in [5, 5.41) is 10.3. The molecule has 0 spiro atoms. The lowest BCUT2D eigenvalue weighted by atomic mass is 10.1. The van der Waals surface area contributed by atoms with Crippen LogP contribution in [0.15, 0.2) is 30.3 Å². The Balaban J connectivity index is 2.33. The SMILES string of the molecule is O=C(O)c1cc(-c2cc(Cl)sc2Cl)nc2ccc(Cl)cc12. The van der Waals surface area contributed by atoms with Crippen molar-refractivity contribution in [1.82, 2.24) is 4.98 Å². The van der Waals surface area contributed by atoms with Crippen molar-refractivity contribution < 1.29 is 9.90 Å². The van der Waals surface area contributed by atoms with Crippen LogP contribution in [0.4, 0.5) is 0 Å². The quantitative estimate of drug-likeness (QED) is 0.646. The molecule has 0 saturated heterocycles. The maximum Gasteiger partial charge on any atom is 0.336 e. The van der Waals surface area contributed by atoms with E-state index in [1.807, 2.05) is 0 Å². The van der Waals surface area contributed by atoms with Crippen LogP contribution in [-0.4, -0.2) is 16.1 Å². The first-order valence-electron chi connectivity index (χ1n) is 5.74. The molecule has 0 unspecified atom stereocenters. The minimum atomic E-state index is -1.05. The van der Waals surface area contributed by atoms with Crippen LogP contribution in [0.25, 0.3) is 22.2 Å². The van der Waals surface area contributed by atoms with E-state index in [-0.39, 0.29) is 5.56 Å². The Kier molecular flexibility index (Phi) is 3.80. The van der Waals surface area contributed by atoms with Gasteiger partial charge in [0.05, 0.1) is 21.1 Å². The van der Waals surface area contributed by atoms with Crippen molar-refractivity contribution in [3.63, 3.8) is 0 Å². The Morgan fingerprint density at radius 3 is 2.52 bits per heavy atom. The number of carbonyl (C=O) groups is 1. The number of rotatable bonds is 2. The minimum Gasteiger partial charge on any atom is -0.478 e. The third kappa shape index (κ3) is 2.72. The molecule has 0 amide bonds. The molecule has 0 aliphatic rings. The van der Waals surface area contributed by atoms with Gasteiger partial charge in [0.2, 0.25) is 0 Å². The lowest BCUT2D eigenvalue weighted by Gasteiger charge is -2.06. The molecule has 0 aliphatic carbocycles. The predicted octanol–water partition coefficient (Wildman–Crippen LogP) is 5.62. The minimum absolute atomic E-state index is 0.121. The molecule has 7 heteroatoms. The Morgan fingerprint density at radius 2 is 1.90 bits per heavy atom. The molecule has 2 heterocycles. The summed E-state index contributed by atoms with van der Waals surface area (Å²) in [6, 6.07) is 8.07. The number of nitrogens with zero attached hydrogens (tertiary/aromatic N) is 1. The van der Waals surface area contributed by atoms with Crippen LogP contribution in [0.2, 0.25) is 13.7 Å². The van der Waals surface area contributed by atoms with Crippen molar-refractivity contribution in [3.8, 4) is 11.3 Å². The summed E-state index contributed by atoms with van der Waals surface area (Å²) < 4.78 is 0.988. The average Bonchev–Trinajstić information content (AvgIpc) is 2.76. The van der Waals surface area contributed by atoms with E-state index < -0.39 is 5.97 Å². The standard InChI is InChI=1S/C14H6Cl3NO2S/c15-6-1-2-10-7(3-6)8(14(19)20)4-11(18-10)9-5-12(16)21-13(9)17/h1-5H,(H,19,20). The van der Waals surface area contributed by atoms with E-state index in [2.05, 4.69) is 4.98 Å². The van der Waals surface area contributed by atoms with E-state index in [0.717, 1.165) is 0 Å².